The number of benzene rings is 1. The molecule has 8 nitrogen and oxygen atoms in total. The summed E-state index contributed by atoms with van der Waals surface area (Å²) in [7, 11) is 0. The van der Waals surface area contributed by atoms with Crippen LogP contribution in [0.5, 0.6) is 5.75 Å². The summed E-state index contributed by atoms with van der Waals surface area (Å²) in [6.07, 6.45) is 0. The summed E-state index contributed by atoms with van der Waals surface area (Å²) in [5.41, 5.74) is 0.359. The van der Waals surface area contributed by atoms with E-state index in [0.717, 1.165) is 5.76 Å². The van der Waals surface area contributed by atoms with Crippen LogP contribution >= 0.6 is 0 Å². The van der Waals surface area contributed by atoms with Gasteiger partial charge in [0.1, 0.15) is 17.3 Å². The summed E-state index contributed by atoms with van der Waals surface area (Å²) in [6.45, 7) is 5.23. The maximum absolute atomic E-state index is 12.1. The van der Waals surface area contributed by atoms with Crippen LogP contribution in [0.2, 0.25) is 0 Å². The number of ether oxygens (including phenoxy) is 2. The quantitative estimate of drug-likeness (QED) is 0.569. The van der Waals surface area contributed by atoms with Gasteiger partial charge in [-0.05, 0) is 45.0 Å². The molecule has 1 aromatic heterocycles. The van der Waals surface area contributed by atoms with Gasteiger partial charge in [-0.15, -0.1) is 0 Å². The van der Waals surface area contributed by atoms with Gasteiger partial charge >= 0.3 is 17.8 Å². The van der Waals surface area contributed by atoms with Crippen LogP contribution in [-0.2, 0) is 19.1 Å². The molecule has 0 radical (unpaired) electrons. The van der Waals surface area contributed by atoms with E-state index in [0.29, 0.717) is 17.2 Å². The van der Waals surface area contributed by atoms with Crippen molar-refractivity contribution in [2.24, 2.45) is 0 Å². The van der Waals surface area contributed by atoms with Crippen molar-refractivity contribution in [2.45, 2.75) is 26.8 Å². The largest absolute Gasteiger partial charge is 0.482 e. The fraction of sp³-hybridized carbons (Fsp3) is 0.316. The van der Waals surface area contributed by atoms with Crippen LogP contribution in [0.1, 0.15) is 31.4 Å². The van der Waals surface area contributed by atoms with Crippen LogP contribution in [-0.4, -0.2) is 31.0 Å². The Hall–Kier alpha value is -3.29. The number of carbonyl (C=O) groups excluding carboxylic acids is 3. The molecule has 27 heavy (non-hydrogen) atoms. The number of aryl methyl sites for hydroxylation is 1. The zero-order valence-corrected chi connectivity index (χ0v) is 15.4. The average Bonchev–Trinajstić information content (AvgIpc) is 3.07. The summed E-state index contributed by atoms with van der Waals surface area (Å²) in [5.74, 6) is -0.477. The third-order valence-corrected chi connectivity index (χ3v) is 3.50. The maximum Gasteiger partial charge on any atom is 0.344 e. The second-order valence-electron chi connectivity index (χ2n) is 5.72. The van der Waals surface area contributed by atoms with Crippen LogP contribution in [0.25, 0.3) is 0 Å². The fourth-order valence-electron chi connectivity index (χ4n) is 2.22. The lowest BCUT2D eigenvalue weighted by atomic mass is 10.2. The van der Waals surface area contributed by atoms with Crippen molar-refractivity contribution in [1.29, 1.82) is 0 Å². The lowest BCUT2D eigenvalue weighted by Crippen LogP contribution is -2.36. The number of amides is 2. The van der Waals surface area contributed by atoms with E-state index in [-0.39, 0.29) is 13.2 Å². The first-order valence-corrected chi connectivity index (χ1v) is 8.45. The molecule has 0 bridgehead atoms. The lowest BCUT2D eigenvalue weighted by Gasteiger charge is -2.12. The number of carbonyl (C=O) groups is 3. The van der Waals surface area contributed by atoms with E-state index in [2.05, 4.69) is 10.6 Å². The molecule has 0 saturated heterocycles. The fourth-order valence-corrected chi connectivity index (χ4v) is 2.22. The minimum absolute atomic E-state index is 0.244. The molecular weight excluding hydrogens is 352 g/mol. The predicted octanol–water partition coefficient (Wildman–Crippen LogP) is 2.35. The monoisotopic (exact) mass is 374 g/mol. The molecule has 0 aliphatic carbocycles. The van der Waals surface area contributed by atoms with Crippen molar-refractivity contribution >= 4 is 23.5 Å². The van der Waals surface area contributed by atoms with Gasteiger partial charge in [0.05, 0.1) is 12.6 Å². The highest BCUT2D eigenvalue weighted by Gasteiger charge is 2.19. The first-order valence-electron chi connectivity index (χ1n) is 8.45. The van der Waals surface area contributed by atoms with Crippen molar-refractivity contribution < 1.29 is 28.3 Å². The molecule has 1 unspecified atom stereocenters. The van der Waals surface area contributed by atoms with Gasteiger partial charge in [-0.25, -0.2) is 4.79 Å². The number of rotatable bonds is 7. The van der Waals surface area contributed by atoms with Gasteiger partial charge in [0.15, 0.2) is 6.61 Å². The second kappa shape index (κ2) is 9.42. The van der Waals surface area contributed by atoms with E-state index in [1.165, 1.54) is 6.07 Å². The van der Waals surface area contributed by atoms with E-state index in [1.807, 2.05) is 0 Å². The molecule has 144 valence electrons. The number of anilines is 1. The van der Waals surface area contributed by atoms with Crippen LogP contribution in [0.4, 0.5) is 5.69 Å². The van der Waals surface area contributed by atoms with Crippen LogP contribution in [0, 0.1) is 6.92 Å². The van der Waals surface area contributed by atoms with Gasteiger partial charge in [-0.1, -0.05) is 6.07 Å². The predicted molar refractivity (Wildman–Crippen MR) is 97.2 cm³/mol. The Morgan fingerprint density at radius 1 is 1.15 bits per heavy atom. The Morgan fingerprint density at radius 2 is 1.93 bits per heavy atom. The van der Waals surface area contributed by atoms with Gasteiger partial charge in [0.2, 0.25) is 0 Å². The zero-order valence-electron chi connectivity index (χ0n) is 15.4. The molecule has 2 rings (SSSR count). The summed E-state index contributed by atoms with van der Waals surface area (Å²) >= 11 is 0. The van der Waals surface area contributed by atoms with E-state index in [4.69, 9.17) is 13.9 Å². The van der Waals surface area contributed by atoms with E-state index in [1.54, 1.807) is 51.1 Å². The van der Waals surface area contributed by atoms with Crippen molar-refractivity contribution in [3.05, 3.63) is 47.9 Å². The highest BCUT2D eigenvalue weighted by atomic mass is 16.6. The molecule has 2 aromatic rings. The standard InChI is InChI=1S/C19H22N2O6/c1-4-25-17(22)11-26-15-7-5-6-14(10-15)21-19(24)18(23)20-13(3)16-9-8-12(2)27-16/h5-10,13H,4,11H2,1-3H3,(H,20,23)(H,21,24). The van der Waals surface area contributed by atoms with Crippen molar-refractivity contribution in [3.63, 3.8) is 0 Å². The van der Waals surface area contributed by atoms with Crippen molar-refractivity contribution in [3.8, 4) is 5.75 Å². The topological polar surface area (TPSA) is 107 Å². The summed E-state index contributed by atoms with van der Waals surface area (Å²) in [4.78, 5) is 35.4. The van der Waals surface area contributed by atoms with E-state index >= 15 is 0 Å². The lowest BCUT2D eigenvalue weighted by molar-refractivity contribution is -0.145. The van der Waals surface area contributed by atoms with Gasteiger partial charge in [0, 0.05) is 11.8 Å². The number of furan rings is 1. The van der Waals surface area contributed by atoms with Crippen molar-refractivity contribution in [2.75, 3.05) is 18.5 Å². The van der Waals surface area contributed by atoms with Gasteiger partial charge < -0.3 is 24.5 Å². The Labute approximate surface area is 156 Å². The molecule has 1 aromatic carbocycles. The zero-order chi connectivity index (χ0) is 19.8. The summed E-state index contributed by atoms with van der Waals surface area (Å²) < 4.78 is 15.5. The highest BCUT2D eigenvalue weighted by Crippen LogP contribution is 2.18. The Morgan fingerprint density at radius 3 is 2.59 bits per heavy atom. The number of hydrogen-bond acceptors (Lipinski definition) is 6. The van der Waals surface area contributed by atoms with Crippen molar-refractivity contribution in [1.82, 2.24) is 5.32 Å². The minimum Gasteiger partial charge on any atom is -0.482 e. The number of nitrogens with one attached hydrogen (secondary N) is 2. The van der Waals surface area contributed by atoms with Gasteiger partial charge in [0.25, 0.3) is 0 Å². The van der Waals surface area contributed by atoms with E-state index < -0.39 is 23.8 Å². The van der Waals surface area contributed by atoms with Crippen LogP contribution < -0.4 is 15.4 Å². The van der Waals surface area contributed by atoms with Gasteiger partial charge in [-0.3, -0.25) is 9.59 Å². The third kappa shape index (κ3) is 6.18. The normalized spacial score (nSPS) is 11.4. The average molecular weight is 374 g/mol. The molecule has 0 spiro atoms. The Kier molecular flexibility index (Phi) is 6.99. The smallest absolute Gasteiger partial charge is 0.344 e. The molecule has 1 atom stereocenters. The molecule has 8 heteroatoms. The number of esters is 1. The third-order valence-electron chi connectivity index (χ3n) is 3.50. The maximum atomic E-state index is 12.1. The SMILES string of the molecule is CCOC(=O)COc1cccc(NC(=O)C(=O)NC(C)c2ccc(C)o2)c1. The molecule has 0 aliphatic heterocycles. The highest BCUT2D eigenvalue weighted by molar-refractivity contribution is 6.39. The molecular formula is C19H22N2O6. The van der Waals surface area contributed by atoms with Crippen LogP contribution in [0.3, 0.4) is 0 Å². The number of hydrogen-bond donors (Lipinski definition) is 2. The molecule has 0 fully saturated rings. The van der Waals surface area contributed by atoms with E-state index in [9.17, 15) is 14.4 Å². The molecule has 1 heterocycles. The van der Waals surface area contributed by atoms with Gasteiger partial charge in [-0.2, -0.15) is 0 Å². The Bertz CT molecular complexity index is 814. The second-order valence-corrected chi connectivity index (χ2v) is 5.72. The molecule has 0 saturated carbocycles. The summed E-state index contributed by atoms with van der Waals surface area (Å²) in [5, 5.41) is 5.04. The first-order chi connectivity index (χ1) is 12.9. The molecule has 0 aliphatic rings. The molecule has 2 amide bonds. The first kappa shape index (κ1) is 20.0. The minimum atomic E-state index is -0.826. The van der Waals surface area contributed by atoms with Crippen LogP contribution in [0.15, 0.2) is 40.8 Å². The molecule has 2 N–H and O–H groups in total. The summed E-state index contributed by atoms with van der Waals surface area (Å²) in [6, 6.07) is 9.42. The Balaban J connectivity index is 1.89.